The van der Waals surface area contributed by atoms with Crippen LogP contribution >= 0.6 is 0 Å². The summed E-state index contributed by atoms with van der Waals surface area (Å²) in [5, 5.41) is 3.54. The van der Waals surface area contributed by atoms with Crippen molar-refractivity contribution in [2.45, 2.75) is 64.6 Å². The highest BCUT2D eigenvalue weighted by molar-refractivity contribution is 5.84. The molecule has 3 nitrogen and oxygen atoms in total. The van der Waals surface area contributed by atoms with E-state index in [1.54, 1.807) is 0 Å². The molecule has 1 heterocycles. The Labute approximate surface area is 110 Å². The van der Waals surface area contributed by atoms with Crippen LogP contribution in [0.25, 0.3) is 0 Å². The number of nitrogens with one attached hydrogen (secondary N) is 1. The fraction of sp³-hybridized carbons (Fsp3) is 0.933. The van der Waals surface area contributed by atoms with Gasteiger partial charge >= 0.3 is 0 Å². The Morgan fingerprint density at radius 3 is 2.56 bits per heavy atom. The van der Waals surface area contributed by atoms with Gasteiger partial charge in [0.1, 0.15) is 0 Å². The van der Waals surface area contributed by atoms with Crippen molar-refractivity contribution in [2.24, 2.45) is 17.8 Å². The van der Waals surface area contributed by atoms with Gasteiger partial charge in [0.25, 0.3) is 0 Å². The van der Waals surface area contributed by atoms with E-state index in [1.807, 2.05) is 6.92 Å². The Morgan fingerprint density at radius 2 is 1.94 bits per heavy atom. The van der Waals surface area contributed by atoms with Crippen LogP contribution in [-0.2, 0) is 4.79 Å². The van der Waals surface area contributed by atoms with Gasteiger partial charge in [0.05, 0.1) is 12.2 Å². The second-order valence-corrected chi connectivity index (χ2v) is 6.68. The predicted molar refractivity (Wildman–Crippen MR) is 71.9 cm³/mol. The fourth-order valence-electron chi connectivity index (χ4n) is 3.80. The van der Waals surface area contributed by atoms with Gasteiger partial charge in [-0.05, 0) is 50.4 Å². The minimum Gasteiger partial charge on any atom is -0.325 e. The zero-order chi connectivity index (χ0) is 12.7. The van der Waals surface area contributed by atoms with Crippen LogP contribution in [0.4, 0.5) is 0 Å². The van der Waals surface area contributed by atoms with Crippen LogP contribution in [0, 0.1) is 17.8 Å². The summed E-state index contributed by atoms with van der Waals surface area (Å²) in [6.45, 7) is 5.31. The van der Waals surface area contributed by atoms with Crippen molar-refractivity contribution < 1.29 is 4.79 Å². The number of nitrogens with zero attached hydrogens (tertiary/aromatic N) is 1. The predicted octanol–water partition coefficient (Wildman–Crippen LogP) is 2.37. The van der Waals surface area contributed by atoms with Crippen LogP contribution in [0.1, 0.15) is 52.4 Å². The Bertz CT molecular complexity index is 320. The summed E-state index contributed by atoms with van der Waals surface area (Å²) >= 11 is 0. The summed E-state index contributed by atoms with van der Waals surface area (Å²) in [6, 6.07) is 0.0296. The molecule has 18 heavy (non-hydrogen) atoms. The maximum absolute atomic E-state index is 12.3. The number of hydrogen-bond acceptors (Lipinski definition) is 2. The van der Waals surface area contributed by atoms with Crippen LogP contribution in [0.2, 0.25) is 0 Å². The SMILES string of the molecule is CC1NC(C2CCCC2)N(CC(C)C2CC2)C1=O. The average molecular weight is 250 g/mol. The molecule has 3 rings (SSSR count). The Balaban J connectivity index is 1.68. The average Bonchev–Trinajstić information content (AvgIpc) is 3.01. The molecule has 0 bridgehead atoms. The molecule has 3 aliphatic rings. The first-order valence-corrected chi connectivity index (χ1v) is 7.73. The summed E-state index contributed by atoms with van der Waals surface area (Å²) in [5.41, 5.74) is 0. The normalized spacial score (nSPS) is 35.4. The van der Waals surface area contributed by atoms with Crippen LogP contribution in [-0.4, -0.2) is 29.6 Å². The first-order valence-electron chi connectivity index (χ1n) is 7.73. The molecule has 3 unspecified atom stereocenters. The molecule has 3 fully saturated rings. The summed E-state index contributed by atoms with van der Waals surface area (Å²) in [5.74, 6) is 2.60. The van der Waals surface area contributed by atoms with Crippen molar-refractivity contribution in [3.63, 3.8) is 0 Å². The molecule has 3 heteroatoms. The minimum atomic E-state index is 0.0296. The molecule has 1 aliphatic heterocycles. The summed E-state index contributed by atoms with van der Waals surface area (Å²) in [4.78, 5) is 14.5. The lowest BCUT2D eigenvalue weighted by atomic mass is 10.0. The van der Waals surface area contributed by atoms with Crippen molar-refractivity contribution >= 4 is 5.91 Å². The molecule has 1 N–H and O–H groups in total. The second-order valence-electron chi connectivity index (χ2n) is 6.68. The molecule has 0 spiro atoms. The monoisotopic (exact) mass is 250 g/mol. The maximum atomic E-state index is 12.3. The molecule has 2 aliphatic carbocycles. The van der Waals surface area contributed by atoms with E-state index < -0.39 is 0 Å². The van der Waals surface area contributed by atoms with Gasteiger partial charge in [0.2, 0.25) is 5.91 Å². The van der Waals surface area contributed by atoms with Gasteiger partial charge in [-0.1, -0.05) is 19.8 Å². The van der Waals surface area contributed by atoms with Gasteiger partial charge in [0, 0.05) is 6.54 Å². The first kappa shape index (κ1) is 12.5. The molecular weight excluding hydrogens is 224 g/mol. The third-order valence-electron chi connectivity index (χ3n) is 5.17. The highest BCUT2D eigenvalue weighted by atomic mass is 16.2. The lowest BCUT2D eigenvalue weighted by Gasteiger charge is -2.31. The lowest BCUT2D eigenvalue weighted by molar-refractivity contribution is -0.131. The van der Waals surface area contributed by atoms with Crippen LogP contribution in [0.5, 0.6) is 0 Å². The number of hydrogen-bond donors (Lipinski definition) is 1. The van der Waals surface area contributed by atoms with Crippen molar-refractivity contribution in [3.05, 3.63) is 0 Å². The van der Waals surface area contributed by atoms with E-state index in [4.69, 9.17) is 0 Å². The van der Waals surface area contributed by atoms with Crippen molar-refractivity contribution in [3.8, 4) is 0 Å². The second kappa shape index (κ2) is 4.84. The van der Waals surface area contributed by atoms with E-state index >= 15 is 0 Å². The third-order valence-corrected chi connectivity index (χ3v) is 5.17. The molecule has 1 saturated heterocycles. The summed E-state index contributed by atoms with van der Waals surface area (Å²) in [6.07, 6.45) is 8.36. The number of amides is 1. The van der Waals surface area contributed by atoms with E-state index in [0.717, 1.165) is 12.5 Å². The number of carbonyl (C=O) groups excluding carboxylic acids is 1. The molecular formula is C15H26N2O. The smallest absolute Gasteiger partial charge is 0.240 e. The van der Waals surface area contributed by atoms with Crippen LogP contribution < -0.4 is 5.32 Å². The van der Waals surface area contributed by atoms with E-state index in [2.05, 4.69) is 17.1 Å². The maximum Gasteiger partial charge on any atom is 0.240 e. The van der Waals surface area contributed by atoms with Gasteiger partial charge in [0.15, 0.2) is 0 Å². The molecule has 1 amide bonds. The third kappa shape index (κ3) is 2.29. The van der Waals surface area contributed by atoms with Crippen molar-refractivity contribution in [2.75, 3.05) is 6.54 Å². The zero-order valence-electron chi connectivity index (χ0n) is 11.7. The van der Waals surface area contributed by atoms with Crippen molar-refractivity contribution in [1.29, 1.82) is 0 Å². The molecule has 3 atom stereocenters. The van der Waals surface area contributed by atoms with Crippen LogP contribution in [0.15, 0.2) is 0 Å². The van der Waals surface area contributed by atoms with Gasteiger partial charge in [-0.25, -0.2) is 0 Å². The van der Waals surface area contributed by atoms with Crippen LogP contribution in [0.3, 0.4) is 0 Å². The number of rotatable bonds is 4. The minimum absolute atomic E-state index is 0.0296. The Hall–Kier alpha value is -0.570. The molecule has 2 saturated carbocycles. The lowest BCUT2D eigenvalue weighted by Crippen LogP contribution is -2.44. The van der Waals surface area contributed by atoms with Gasteiger partial charge in [-0.3, -0.25) is 10.1 Å². The molecule has 0 radical (unpaired) electrons. The number of carbonyl (C=O) groups is 1. The zero-order valence-corrected chi connectivity index (χ0v) is 11.7. The van der Waals surface area contributed by atoms with E-state index in [0.29, 0.717) is 23.9 Å². The largest absolute Gasteiger partial charge is 0.325 e. The van der Waals surface area contributed by atoms with Gasteiger partial charge < -0.3 is 4.90 Å². The van der Waals surface area contributed by atoms with Gasteiger partial charge in [-0.2, -0.15) is 0 Å². The molecule has 102 valence electrons. The fourth-order valence-corrected chi connectivity index (χ4v) is 3.80. The quantitative estimate of drug-likeness (QED) is 0.831. The molecule has 0 aromatic rings. The molecule has 0 aromatic carbocycles. The topological polar surface area (TPSA) is 32.3 Å². The van der Waals surface area contributed by atoms with Crippen molar-refractivity contribution in [1.82, 2.24) is 10.2 Å². The van der Waals surface area contributed by atoms with E-state index in [-0.39, 0.29) is 6.04 Å². The summed E-state index contributed by atoms with van der Waals surface area (Å²) < 4.78 is 0. The summed E-state index contributed by atoms with van der Waals surface area (Å²) in [7, 11) is 0. The Kier molecular flexibility index (Phi) is 3.35. The highest BCUT2D eigenvalue weighted by Crippen LogP contribution is 2.38. The van der Waals surface area contributed by atoms with Gasteiger partial charge in [-0.15, -0.1) is 0 Å². The Morgan fingerprint density at radius 1 is 1.28 bits per heavy atom. The standard InChI is InChI=1S/C15H26N2O/c1-10(12-7-8-12)9-17-14(13-5-3-4-6-13)16-11(2)15(17)18/h10-14,16H,3-9H2,1-2H3. The van der Waals surface area contributed by atoms with E-state index in [9.17, 15) is 4.79 Å². The molecule has 0 aromatic heterocycles. The van der Waals surface area contributed by atoms with E-state index in [1.165, 1.54) is 38.5 Å². The first-order chi connectivity index (χ1) is 8.66. The highest BCUT2D eigenvalue weighted by Gasteiger charge is 2.42.